The standard InChI is InChI=1S/C61H82N14O17S2/c1-7-29(4)50-56(88)64-23-46(81)67-40-27-94-59-36(35-10-8-9-11-37(35)70-59)19-38(53(85)63-24-47(82)72-50)68-58(90)51(30(5)42(78)26-76)73-55(87)41-18-34(77)25-75(41)60(91)39(69-54(40)86)20-45(80)62-22-32-12-14-33(15-13-32)66-52(84)31(6)65-57(89)49(28(2)3)71-44(79)16-17-74-48(83)21-43(93)61(74)92/h8-15,28-31,34,38-43,49-51,70,76-78,93H,7,16-27H2,1-6H3,(H,62,80)(H,63,85)(H,64,88)(H,65,89)(H,66,84)(H,67,81)(H,68,90)(H,69,86)(H,71,79)(H,72,82)(H,73,87)/t29-,30-,31-,34+,38+,39-,40-,41-,42-,43?,49-,50?,51?/m0/s1. The number of thioether (sulfide) groups is 1. The molecule has 33 heteroatoms. The first-order chi connectivity index (χ1) is 44.6. The lowest BCUT2D eigenvalue weighted by Gasteiger charge is -2.33. The van der Waals surface area contributed by atoms with Gasteiger partial charge in [0.2, 0.25) is 82.7 Å². The fourth-order valence-corrected chi connectivity index (χ4v) is 12.4. The van der Waals surface area contributed by atoms with E-state index >= 15 is 4.79 Å². The Morgan fingerprint density at radius 1 is 0.734 bits per heavy atom. The average molecular weight is 1350 g/mol. The summed E-state index contributed by atoms with van der Waals surface area (Å²) in [7, 11) is 0. The van der Waals surface area contributed by atoms with E-state index in [4.69, 9.17) is 0 Å². The van der Waals surface area contributed by atoms with Gasteiger partial charge in [-0.25, -0.2) is 0 Å². The number of benzene rings is 2. The number of carbonyl (C=O) groups excluding carboxylic acids is 14. The molecule has 0 radical (unpaired) electrons. The van der Waals surface area contributed by atoms with Gasteiger partial charge in [0.15, 0.2) is 0 Å². The molecule has 510 valence electrons. The van der Waals surface area contributed by atoms with Gasteiger partial charge in [-0.2, -0.15) is 12.6 Å². The monoisotopic (exact) mass is 1350 g/mol. The summed E-state index contributed by atoms with van der Waals surface area (Å²) >= 11 is 5.07. The Morgan fingerprint density at radius 2 is 1.41 bits per heavy atom. The average Bonchev–Trinajstić information content (AvgIpc) is 1.64. The lowest BCUT2D eigenvalue weighted by atomic mass is 9.93. The van der Waals surface area contributed by atoms with Crippen LogP contribution in [-0.2, 0) is 80.1 Å². The van der Waals surface area contributed by atoms with Crippen LogP contribution in [0.3, 0.4) is 0 Å². The number of aliphatic hydroxyl groups excluding tert-OH is 3. The second kappa shape index (κ2) is 32.9. The van der Waals surface area contributed by atoms with Gasteiger partial charge in [0.25, 0.3) is 0 Å². The molecule has 0 spiro atoms. The minimum atomic E-state index is -1.84. The number of carbonyl (C=O) groups is 14. The molecule has 15 N–H and O–H groups in total. The van der Waals surface area contributed by atoms with Crippen molar-refractivity contribution in [1.82, 2.24) is 68.0 Å². The van der Waals surface area contributed by atoms with Crippen molar-refractivity contribution in [1.29, 1.82) is 0 Å². The van der Waals surface area contributed by atoms with E-state index in [-0.39, 0.29) is 43.8 Å². The van der Waals surface area contributed by atoms with Crippen LogP contribution in [-0.4, -0.2) is 217 Å². The van der Waals surface area contributed by atoms with E-state index in [1.54, 1.807) is 64.1 Å². The molecule has 0 saturated carbocycles. The molecule has 2 bridgehead atoms. The zero-order valence-corrected chi connectivity index (χ0v) is 54.4. The van der Waals surface area contributed by atoms with Gasteiger partial charge >= 0.3 is 0 Å². The fourth-order valence-electron chi connectivity index (χ4n) is 11.0. The molecule has 4 aliphatic rings. The maximum atomic E-state index is 15.0. The minimum Gasteiger partial charge on any atom is -0.394 e. The van der Waals surface area contributed by atoms with Crippen LogP contribution >= 0.6 is 24.4 Å². The van der Waals surface area contributed by atoms with Crippen LogP contribution in [0.2, 0.25) is 0 Å². The summed E-state index contributed by atoms with van der Waals surface area (Å²) in [5.74, 6) is -13.9. The number of imide groups is 1. The molecule has 1 aromatic heterocycles. The highest BCUT2D eigenvalue weighted by atomic mass is 32.2. The van der Waals surface area contributed by atoms with Crippen molar-refractivity contribution in [3.8, 4) is 0 Å². The molecule has 5 heterocycles. The highest BCUT2D eigenvalue weighted by Crippen LogP contribution is 2.32. The smallest absolute Gasteiger partial charge is 0.246 e. The summed E-state index contributed by atoms with van der Waals surface area (Å²) in [6, 6.07) is 1.17. The number of aromatic amines is 1. The maximum absolute atomic E-state index is 15.0. The Morgan fingerprint density at radius 3 is 2.07 bits per heavy atom. The number of nitrogens with one attached hydrogen (secondary N) is 12. The van der Waals surface area contributed by atoms with Gasteiger partial charge in [-0.1, -0.05) is 71.4 Å². The van der Waals surface area contributed by atoms with Crippen LogP contribution < -0.4 is 58.5 Å². The summed E-state index contributed by atoms with van der Waals surface area (Å²) in [6.07, 6.45) is -4.57. The van der Waals surface area contributed by atoms with Gasteiger partial charge in [-0.05, 0) is 48.1 Å². The van der Waals surface area contributed by atoms with Gasteiger partial charge in [0, 0.05) is 73.6 Å². The van der Waals surface area contributed by atoms with E-state index in [0.717, 1.165) is 21.6 Å². The Labute approximate surface area is 550 Å². The number of fused-ring (bicyclic) bond motifs is 5. The van der Waals surface area contributed by atoms with Gasteiger partial charge in [-0.15, -0.1) is 11.8 Å². The number of thiol groups is 1. The third-order valence-corrected chi connectivity index (χ3v) is 18.3. The SMILES string of the molecule is CC[C@H](C)C1NC(=O)CNC(=O)[C@H]2Cc3c([nH]c4ccccc34)SC[C@H](NC(=O)CNC1=O)C(=O)N[C@@H](CC(=O)NCc1ccc(NC(=O)[C@H](C)NC(=O)[C@@H](NC(=O)CCN3C(=O)CC(S)C3=O)C(C)C)cc1)C(=O)N1C[C@H](O)C[C@H]1C(=O)NC([C@@H](C)[C@@H](O)CO)C(=O)N2. The van der Waals surface area contributed by atoms with Gasteiger partial charge in [-0.3, -0.25) is 72.0 Å². The summed E-state index contributed by atoms with van der Waals surface area (Å²) < 4.78 is 0. The Bertz CT molecular complexity index is 3390. The Kier molecular flexibility index (Phi) is 25.5. The number of amides is 14. The van der Waals surface area contributed by atoms with E-state index in [0.29, 0.717) is 33.5 Å². The molecule has 13 atom stereocenters. The normalized spacial score (nSPS) is 24.6. The van der Waals surface area contributed by atoms with Crippen LogP contribution in [0.15, 0.2) is 53.6 Å². The predicted molar refractivity (Wildman–Crippen MR) is 341 cm³/mol. The largest absolute Gasteiger partial charge is 0.394 e. The van der Waals surface area contributed by atoms with E-state index in [1.807, 2.05) is 0 Å². The third kappa shape index (κ3) is 18.8. The number of likely N-dealkylation sites (tertiary alicyclic amines) is 1. The van der Waals surface area contributed by atoms with Crippen molar-refractivity contribution < 1.29 is 82.4 Å². The molecule has 0 aliphatic carbocycles. The summed E-state index contributed by atoms with van der Waals surface area (Å²) in [4.78, 5) is 198. The summed E-state index contributed by atoms with van der Waals surface area (Å²) in [5.41, 5.74) is 1.68. The molecule has 31 nitrogen and oxygen atoms in total. The molecule has 4 aliphatic heterocycles. The van der Waals surface area contributed by atoms with Crippen molar-refractivity contribution in [2.24, 2.45) is 17.8 Å². The molecule has 3 unspecified atom stereocenters. The lowest BCUT2D eigenvalue weighted by Crippen LogP contribution is -2.62. The van der Waals surface area contributed by atoms with Crippen molar-refractivity contribution >= 4 is 124 Å². The number of H-pyrrole nitrogens is 1. The first kappa shape index (κ1) is 72.8. The molecule has 2 aromatic carbocycles. The first-order valence-electron chi connectivity index (χ1n) is 30.9. The molecule has 94 heavy (non-hydrogen) atoms. The zero-order valence-electron chi connectivity index (χ0n) is 52.7. The fraction of sp³-hybridized carbons (Fsp3) is 0.541. The Balaban J connectivity index is 1.13. The summed E-state index contributed by atoms with van der Waals surface area (Å²) in [5, 5.41) is 60.8. The molecular weight excluding hydrogens is 1260 g/mol. The number of nitrogens with zero attached hydrogens (tertiary/aromatic N) is 2. The number of hydrogen-bond donors (Lipinski definition) is 16. The number of anilines is 1. The minimum absolute atomic E-state index is 0.0822. The van der Waals surface area contributed by atoms with Crippen LogP contribution in [0.4, 0.5) is 5.69 Å². The number of hydrogen-bond acceptors (Lipinski definition) is 19. The molecule has 2 saturated heterocycles. The first-order valence-corrected chi connectivity index (χ1v) is 32.4. The highest BCUT2D eigenvalue weighted by molar-refractivity contribution is 7.99. The molecule has 7 rings (SSSR count). The molecule has 14 amide bonds. The van der Waals surface area contributed by atoms with Crippen molar-refractivity contribution in [3.63, 3.8) is 0 Å². The second-order valence-corrected chi connectivity index (χ2v) is 25.8. The number of aliphatic hydroxyl groups is 3. The summed E-state index contributed by atoms with van der Waals surface area (Å²) in [6.45, 7) is 6.32. The maximum Gasteiger partial charge on any atom is 0.246 e. The lowest BCUT2D eigenvalue weighted by molar-refractivity contribution is -0.144. The second-order valence-electron chi connectivity index (χ2n) is 24.1. The molecular formula is C61H82N14O17S2. The van der Waals surface area contributed by atoms with Crippen molar-refractivity contribution in [3.05, 3.63) is 59.7 Å². The Hall–Kier alpha value is -8.66. The number of rotatable bonds is 18. The van der Waals surface area contributed by atoms with Crippen LogP contribution in [0.1, 0.15) is 84.8 Å². The predicted octanol–water partition coefficient (Wildman–Crippen LogP) is -3.78. The van der Waals surface area contributed by atoms with Crippen molar-refractivity contribution in [2.75, 3.05) is 43.9 Å². The van der Waals surface area contributed by atoms with E-state index in [2.05, 4.69) is 76.1 Å². The van der Waals surface area contributed by atoms with E-state index in [9.17, 15) is 77.6 Å². The topological polar surface area (TPSA) is 454 Å². The van der Waals surface area contributed by atoms with Gasteiger partial charge in [0.1, 0.15) is 48.3 Å². The zero-order chi connectivity index (χ0) is 68.8. The quantitative estimate of drug-likeness (QED) is 0.0429. The molecule has 3 aromatic rings. The molecule has 2 fully saturated rings. The van der Waals surface area contributed by atoms with Gasteiger partial charge in [0.05, 0.1) is 48.6 Å². The van der Waals surface area contributed by atoms with E-state index < -0.39 is 205 Å². The third-order valence-electron chi connectivity index (χ3n) is 16.8. The van der Waals surface area contributed by atoms with Crippen LogP contribution in [0.5, 0.6) is 0 Å². The van der Waals surface area contributed by atoms with Crippen molar-refractivity contribution in [2.45, 2.75) is 157 Å². The van der Waals surface area contributed by atoms with E-state index in [1.165, 1.54) is 26.0 Å². The van der Waals surface area contributed by atoms with Gasteiger partial charge < -0.3 is 83.7 Å². The number of para-hydroxylation sites is 1. The highest BCUT2D eigenvalue weighted by Gasteiger charge is 2.45. The van der Waals surface area contributed by atoms with Crippen LogP contribution in [0.25, 0.3) is 10.9 Å². The van der Waals surface area contributed by atoms with Crippen LogP contribution in [0, 0.1) is 17.8 Å². The number of aromatic nitrogens is 1.